The van der Waals surface area contributed by atoms with Crippen LogP contribution in [0.5, 0.6) is 0 Å². The monoisotopic (exact) mass is 1180 g/mol. The van der Waals surface area contributed by atoms with Crippen molar-refractivity contribution in [3.63, 3.8) is 0 Å². The van der Waals surface area contributed by atoms with Gasteiger partial charge in [-0.05, 0) is 188 Å². The Morgan fingerprint density at radius 2 is 0.778 bits per heavy atom. The molecule has 0 radical (unpaired) electrons. The molecule has 4 aromatic heterocycles. The minimum Gasteiger partial charge on any atom is -0.357 e. The molecule has 0 saturated heterocycles. The van der Waals surface area contributed by atoms with Crippen molar-refractivity contribution in [2.45, 2.75) is 25.9 Å². The van der Waals surface area contributed by atoms with Crippen LogP contribution in [0.25, 0.3) is 33.6 Å². The summed E-state index contributed by atoms with van der Waals surface area (Å²) in [5, 5.41) is 18.1. The molecule has 0 spiro atoms. The molecule has 16 heteroatoms. The fourth-order valence-corrected chi connectivity index (χ4v) is 11.1. The van der Waals surface area contributed by atoms with Crippen LogP contribution >= 0.6 is 0 Å². The molecule has 0 saturated carbocycles. The molecule has 10 heterocycles. The highest BCUT2D eigenvalue weighted by atomic mass is 16.4. The molecule has 6 aliphatic heterocycles. The quantitative estimate of drug-likeness (QED) is 0.0663. The molecule has 90 heavy (non-hydrogen) atoms. The molecular formula is C74H66N14O2+6. The highest BCUT2D eigenvalue weighted by Crippen LogP contribution is 2.30. The average Bonchev–Trinajstić information content (AvgIpc) is 2.75. The van der Waals surface area contributed by atoms with Gasteiger partial charge in [0.2, 0.25) is 13.1 Å². The second kappa shape index (κ2) is 25.8. The van der Waals surface area contributed by atoms with E-state index in [1.807, 2.05) is 73.0 Å². The van der Waals surface area contributed by atoms with E-state index in [0.29, 0.717) is 24.6 Å². The molecule has 0 atom stereocenters. The van der Waals surface area contributed by atoms with Gasteiger partial charge in [-0.1, -0.05) is 9.37 Å². The van der Waals surface area contributed by atoms with Gasteiger partial charge in [0.25, 0.3) is 24.6 Å². The summed E-state index contributed by atoms with van der Waals surface area (Å²) in [4.78, 5) is 17.8. The summed E-state index contributed by atoms with van der Waals surface area (Å²) in [5.41, 5.74) is 18.2. The predicted molar refractivity (Wildman–Crippen MR) is 350 cm³/mol. The maximum atomic E-state index is 6.18. The normalized spacial score (nSPS) is 21.0. The van der Waals surface area contributed by atoms with E-state index in [9.17, 15) is 0 Å². The third-order valence-corrected chi connectivity index (χ3v) is 16.3. The van der Waals surface area contributed by atoms with Crippen molar-refractivity contribution in [1.82, 2.24) is 29.6 Å². The summed E-state index contributed by atoms with van der Waals surface area (Å²) < 4.78 is 20.4. The van der Waals surface area contributed by atoms with Gasteiger partial charge in [0.1, 0.15) is 21.8 Å². The number of carbonyl (C=O) groups excluding carboxylic acids is 2. The van der Waals surface area contributed by atoms with Gasteiger partial charge in [-0.2, -0.15) is 9.13 Å². The van der Waals surface area contributed by atoms with Crippen molar-refractivity contribution < 1.29 is 27.4 Å². The minimum absolute atomic E-state index is 0.625. The molecule has 14 rings (SSSR count). The zero-order chi connectivity index (χ0) is 60.6. The fourth-order valence-electron chi connectivity index (χ4n) is 11.1. The van der Waals surface area contributed by atoms with Gasteiger partial charge < -0.3 is 19.6 Å². The first kappa shape index (κ1) is 56.3. The maximum Gasteiger partial charge on any atom is 0.344 e. The molecule has 0 fully saturated rings. The van der Waals surface area contributed by atoms with Crippen LogP contribution in [-0.2, 0) is 21.9 Å². The van der Waals surface area contributed by atoms with Crippen LogP contribution in [-0.4, -0.2) is 102 Å². The van der Waals surface area contributed by atoms with E-state index in [0.717, 1.165) is 118 Å². The number of rotatable bonds is 15. The second-order valence-corrected chi connectivity index (χ2v) is 22.5. The van der Waals surface area contributed by atoms with E-state index >= 15 is 0 Å². The van der Waals surface area contributed by atoms with Crippen LogP contribution in [0, 0.1) is 0 Å². The predicted octanol–water partition coefficient (Wildman–Crippen LogP) is 11.6. The molecule has 0 aromatic carbocycles. The fraction of sp³-hybridized carbons (Fsp3) is 0.135. The molecule has 10 aliphatic rings. The Kier molecular flexibility index (Phi) is 16.2. The van der Waals surface area contributed by atoms with E-state index < -0.39 is 0 Å². The Hall–Kier alpha value is -11.5. The summed E-state index contributed by atoms with van der Waals surface area (Å²) in [6.45, 7) is 4.61. The number of aryl methyl sites for hydroxylation is 2. The molecular weight excluding hydrogens is 1120 g/mol. The topological polar surface area (TPSA) is 125 Å². The van der Waals surface area contributed by atoms with Crippen molar-refractivity contribution in [3.05, 3.63) is 325 Å². The first-order chi connectivity index (χ1) is 44.3. The molecule has 4 aromatic rings. The van der Waals surface area contributed by atoms with Crippen LogP contribution < -0.4 is 9.13 Å². The smallest absolute Gasteiger partial charge is 0.344 e. The molecule has 438 valence electrons. The number of aromatic nitrogens is 4. The van der Waals surface area contributed by atoms with Gasteiger partial charge in [0, 0.05) is 138 Å². The number of hydrogen-bond donors (Lipinski definition) is 0. The van der Waals surface area contributed by atoms with Crippen molar-refractivity contribution in [3.8, 4) is 22.3 Å². The minimum atomic E-state index is 0.625. The van der Waals surface area contributed by atoms with Crippen LogP contribution in [0.3, 0.4) is 0 Å². The lowest BCUT2D eigenvalue weighted by Gasteiger charge is -2.19. The van der Waals surface area contributed by atoms with E-state index in [-0.39, 0.29) is 0 Å². The van der Waals surface area contributed by atoms with Gasteiger partial charge in [-0.3, -0.25) is 18.8 Å². The number of allylic oxidation sites excluding steroid dienone is 28. The standard InChI is InChI=1S/C74H66N14O2/c1-81-31-15-55(16-32-81)57-19-35-83(36-20-57)29-3-45-89-69-11-7-61-47-67(9-5-63(61)49-69)87-53-73(77-79-87)71-51-65(13-27-75-71)59-23-39-85(40-24-59)43-44-86-41-25-60(26-42-86)66-14-28-76-72(52-66)74-54-88(80-78-74)68-10-6-64-50-70(12-8-62(64)48-68)90-46-4-30-84-37-21-58(22-38-84)56-17-33-82(2)34-18-56/h5-28,31-42,47-54H,3-4,29-30,43-46H2,1-2H3/q+6. The van der Waals surface area contributed by atoms with E-state index in [1.54, 1.807) is 9.37 Å². The van der Waals surface area contributed by atoms with Crippen LogP contribution in [0.4, 0.5) is 0 Å². The molecule has 16 nitrogen and oxygen atoms in total. The lowest BCUT2D eigenvalue weighted by Crippen LogP contribution is -2.43. The molecule has 4 aliphatic carbocycles. The van der Waals surface area contributed by atoms with Gasteiger partial charge in [0.05, 0.1) is 23.1 Å². The van der Waals surface area contributed by atoms with Crippen molar-refractivity contribution in [1.29, 1.82) is 0 Å². The summed E-state index contributed by atoms with van der Waals surface area (Å²) in [6, 6.07) is 16.7. The van der Waals surface area contributed by atoms with Crippen LogP contribution in [0.2, 0.25) is 0 Å². The van der Waals surface area contributed by atoms with E-state index in [2.05, 4.69) is 270 Å². The highest BCUT2D eigenvalue weighted by molar-refractivity contribution is 6.10. The van der Waals surface area contributed by atoms with Crippen molar-refractivity contribution in [2.24, 2.45) is 20.7 Å². The zero-order valence-electron chi connectivity index (χ0n) is 50.1. The Bertz CT molecular complexity index is 4130. The van der Waals surface area contributed by atoms with Gasteiger partial charge in [0.15, 0.2) is 48.6 Å². The summed E-state index contributed by atoms with van der Waals surface area (Å²) in [6.07, 6.45) is 76.8. The Morgan fingerprint density at radius 3 is 1.19 bits per heavy atom. The first-order valence-electron chi connectivity index (χ1n) is 30.3. The largest absolute Gasteiger partial charge is 0.357 e. The van der Waals surface area contributed by atoms with E-state index in [4.69, 9.17) is 8.85 Å². The average molecular weight is 1180 g/mol. The zero-order valence-corrected chi connectivity index (χ0v) is 50.1. The van der Waals surface area contributed by atoms with Gasteiger partial charge in [-0.25, -0.2) is 0 Å². The maximum absolute atomic E-state index is 6.18. The SMILES string of the molecule is CN1C=CC(=C2C=CN(CCC[O+]=C3C=CC4=CC(=[N+]5C=C(c6cc(-c7cc[n+](CC[n+]8ccc(-c9ccnc(C%10=C[N+](=C%11C=CC%12=CC(=[O+]CCCN%13C=CC(=C%14C=CN(C)C=C%14)C=C%13)C=CC%12=C%11)N=N%10)c9)cc8)cc7)ccn6)N=N5)C=CC4=C3)C=C2)C=C1. The highest BCUT2D eigenvalue weighted by Gasteiger charge is 2.27. The lowest BCUT2D eigenvalue weighted by atomic mass is 9.93. The third-order valence-electron chi connectivity index (χ3n) is 16.3. The van der Waals surface area contributed by atoms with E-state index in [1.165, 1.54) is 22.3 Å². The number of hydrogen-bond acceptors (Lipinski definition) is 10. The third kappa shape index (κ3) is 13.2. The first-order valence-corrected chi connectivity index (χ1v) is 30.3. The molecule has 0 bridgehead atoms. The van der Waals surface area contributed by atoms with Crippen LogP contribution in [0.15, 0.2) is 334 Å². The van der Waals surface area contributed by atoms with Crippen molar-refractivity contribution in [2.75, 3.05) is 40.4 Å². The summed E-state index contributed by atoms with van der Waals surface area (Å²) >= 11 is 0. The molecule has 0 amide bonds. The molecule has 0 N–H and O–H groups in total. The van der Waals surface area contributed by atoms with Gasteiger partial charge >= 0.3 is 11.6 Å². The number of ketones is 2. The summed E-state index contributed by atoms with van der Waals surface area (Å²) in [7, 11) is 4.06. The number of pyridine rings is 4. The molecule has 0 unspecified atom stereocenters. The lowest BCUT2D eigenvalue weighted by molar-refractivity contribution is -0.778. The Balaban J connectivity index is 0.537. The Labute approximate surface area is 523 Å². The van der Waals surface area contributed by atoms with Gasteiger partial charge in [-0.15, -0.1) is 0 Å². The number of fused-ring (bicyclic) bond motifs is 2. The summed E-state index contributed by atoms with van der Waals surface area (Å²) in [5.74, 6) is 1.71. The van der Waals surface area contributed by atoms with Crippen LogP contribution in [0.1, 0.15) is 24.2 Å². The Morgan fingerprint density at radius 1 is 0.400 bits per heavy atom. The second-order valence-electron chi connectivity index (χ2n) is 22.5. The number of nitrogens with zero attached hydrogens (tertiary/aromatic N) is 14. The van der Waals surface area contributed by atoms with Crippen molar-refractivity contribution >= 4 is 34.4 Å².